The molecule has 6 nitrogen and oxygen atoms in total. The Morgan fingerprint density at radius 3 is 2.60 bits per heavy atom. The van der Waals surface area contributed by atoms with E-state index in [0.717, 1.165) is 12.1 Å². The van der Waals surface area contributed by atoms with Gasteiger partial charge in [0.1, 0.15) is 12.4 Å². The minimum Gasteiger partial charge on any atom is -0.475 e. The van der Waals surface area contributed by atoms with Crippen LogP contribution in [0, 0.1) is 0 Å². The largest absolute Gasteiger partial charge is 0.475 e. The fourth-order valence-corrected chi connectivity index (χ4v) is 3.04. The number of nitrogens with one attached hydrogen (secondary N) is 1. The van der Waals surface area contributed by atoms with Crippen LogP contribution < -0.4 is 5.32 Å². The molecule has 0 fully saturated rings. The maximum Gasteiger partial charge on any atom is 0.416 e. The predicted molar refractivity (Wildman–Crippen MR) is 105 cm³/mol. The van der Waals surface area contributed by atoms with Crippen molar-refractivity contribution in [3.8, 4) is 5.69 Å². The number of carbonyl (C=O) groups excluding carboxylic acids is 1. The standard InChI is InChI=1S/C20H14ClF3N4O2/c21-14-4-6-15(7-5-14)28-17(16(11-26-28)19-25-8-9-30-19)27-18(29)12-2-1-3-13(10-12)20(22,23)24/h1-7,10-11H,8-9H2,(H,27,29). The normalized spacial score (nSPS) is 13.7. The molecular weight excluding hydrogens is 421 g/mol. The van der Waals surface area contributed by atoms with Crippen LogP contribution in [0.5, 0.6) is 0 Å². The van der Waals surface area contributed by atoms with Gasteiger partial charge < -0.3 is 10.1 Å². The zero-order chi connectivity index (χ0) is 21.3. The number of carbonyl (C=O) groups is 1. The van der Waals surface area contributed by atoms with Crippen molar-refractivity contribution in [1.29, 1.82) is 0 Å². The van der Waals surface area contributed by atoms with Gasteiger partial charge in [0, 0.05) is 10.6 Å². The van der Waals surface area contributed by atoms with Crippen molar-refractivity contribution in [2.75, 3.05) is 18.5 Å². The SMILES string of the molecule is O=C(Nc1c(C2=NCCO2)cnn1-c1ccc(Cl)cc1)c1cccc(C(F)(F)F)c1. The maximum atomic E-state index is 13.0. The molecule has 4 rings (SSSR count). The number of amides is 1. The molecule has 1 amide bonds. The van der Waals surface area contributed by atoms with Gasteiger partial charge in [-0.2, -0.15) is 18.3 Å². The number of nitrogens with zero attached hydrogens (tertiary/aromatic N) is 3. The fourth-order valence-electron chi connectivity index (χ4n) is 2.92. The van der Waals surface area contributed by atoms with Gasteiger partial charge in [0.2, 0.25) is 5.90 Å². The lowest BCUT2D eigenvalue weighted by Gasteiger charge is -2.13. The summed E-state index contributed by atoms with van der Waals surface area (Å²) in [6, 6.07) is 10.9. The van der Waals surface area contributed by atoms with E-state index < -0.39 is 17.6 Å². The Labute approximate surface area is 173 Å². The number of halogens is 4. The van der Waals surface area contributed by atoms with Crippen LogP contribution in [0.15, 0.2) is 59.7 Å². The average molecular weight is 435 g/mol. The van der Waals surface area contributed by atoms with Crippen molar-refractivity contribution >= 4 is 29.2 Å². The molecule has 1 aliphatic heterocycles. The van der Waals surface area contributed by atoms with E-state index in [1.54, 1.807) is 24.3 Å². The lowest BCUT2D eigenvalue weighted by molar-refractivity contribution is -0.137. The van der Waals surface area contributed by atoms with E-state index in [2.05, 4.69) is 15.4 Å². The molecule has 2 heterocycles. The Morgan fingerprint density at radius 2 is 1.93 bits per heavy atom. The summed E-state index contributed by atoms with van der Waals surface area (Å²) in [6.07, 6.45) is -3.08. The Kier molecular flexibility index (Phi) is 5.21. The molecule has 10 heteroatoms. The van der Waals surface area contributed by atoms with Gasteiger partial charge in [-0.05, 0) is 42.5 Å². The van der Waals surface area contributed by atoms with Gasteiger partial charge in [0.05, 0.1) is 29.6 Å². The number of hydrogen-bond donors (Lipinski definition) is 1. The molecule has 0 saturated carbocycles. The smallest absolute Gasteiger partial charge is 0.416 e. The number of benzene rings is 2. The second-order valence-electron chi connectivity index (χ2n) is 6.36. The number of alkyl halides is 3. The highest BCUT2D eigenvalue weighted by molar-refractivity contribution is 6.30. The van der Waals surface area contributed by atoms with E-state index >= 15 is 0 Å². The Balaban J connectivity index is 1.73. The number of aromatic nitrogens is 2. The molecule has 1 aromatic heterocycles. The molecule has 0 radical (unpaired) electrons. The summed E-state index contributed by atoms with van der Waals surface area (Å²) in [6.45, 7) is 0.852. The van der Waals surface area contributed by atoms with Gasteiger partial charge >= 0.3 is 6.18 Å². The third-order valence-electron chi connectivity index (χ3n) is 4.34. The van der Waals surface area contributed by atoms with E-state index in [-0.39, 0.29) is 11.4 Å². The molecule has 0 unspecified atom stereocenters. The molecule has 0 aliphatic carbocycles. The first-order chi connectivity index (χ1) is 14.3. The summed E-state index contributed by atoms with van der Waals surface area (Å²) < 4.78 is 45.9. The predicted octanol–water partition coefficient (Wildman–Crippen LogP) is 4.57. The third-order valence-corrected chi connectivity index (χ3v) is 4.59. The summed E-state index contributed by atoms with van der Waals surface area (Å²) in [7, 11) is 0. The van der Waals surface area contributed by atoms with Gasteiger partial charge in [-0.25, -0.2) is 9.67 Å². The van der Waals surface area contributed by atoms with Crippen molar-refractivity contribution < 1.29 is 22.7 Å². The van der Waals surface area contributed by atoms with Crippen molar-refractivity contribution in [1.82, 2.24) is 9.78 Å². The van der Waals surface area contributed by atoms with E-state index in [9.17, 15) is 18.0 Å². The van der Waals surface area contributed by atoms with Crippen LogP contribution >= 0.6 is 11.6 Å². The summed E-state index contributed by atoms with van der Waals surface area (Å²) in [5, 5.41) is 7.44. The molecule has 0 saturated heterocycles. The summed E-state index contributed by atoms with van der Waals surface area (Å²) in [5.41, 5.74) is -0.0506. The first kappa shape index (κ1) is 20.0. The number of hydrogen-bond acceptors (Lipinski definition) is 4. The number of ether oxygens (including phenoxy) is 1. The van der Waals surface area contributed by atoms with Crippen LogP contribution in [0.2, 0.25) is 5.02 Å². The van der Waals surface area contributed by atoms with Crippen LogP contribution in [0.3, 0.4) is 0 Å². The molecule has 2 aromatic carbocycles. The molecule has 1 aliphatic rings. The highest BCUT2D eigenvalue weighted by atomic mass is 35.5. The van der Waals surface area contributed by atoms with E-state index in [1.165, 1.54) is 23.0 Å². The third kappa shape index (κ3) is 4.02. The minimum absolute atomic E-state index is 0.145. The molecular formula is C20H14ClF3N4O2. The lowest BCUT2D eigenvalue weighted by atomic mass is 10.1. The molecule has 0 spiro atoms. The second-order valence-corrected chi connectivity index (χ2v) is 6.80. The molecule has 0 atom stereocenters. The van der Waals surface area contributed by atoms with Crippen molar-refractivity contribution in [2.45, 2.75) is 6.18 Å². The molecule has 1 N–H and O–H groups in total. The van der Waals surface area contributed by atoms with Crippen LogP contribution in [0.25, 0.3) is 5.69 Å². The van der Waals surface area contributed by atoms with Crippen LogP contribution in [0.4, 0.5) is 19.0 Å². The summed E-state index contributed by atoms with van der Waals surface area (Å²) in [4.78, 5) is 17.0. The van der Waals surface area contributed by atoms with Gasteiger partial charge in [0.15, 0.2) is 0 Å². The minimum atomic E-state index is -4.56. The molecule has 30 heavy (non-hydrogen) atoms. The Bertz CT molecular complexity index is 1120. The van der Waals surface area contributed by atoms with Gasteiger partial charge in [-0.15, -0.1) is 0 Å². The Morgan fingerprint density at radius 1 is 1.17 bits per heavy atom. The summed E-state index contributed by atoms with van der Waals surface area (Å²) in [5.74, 6) is -0.202. The Hall–Kier alpha value is -3.33. The van der Waals surface area contributed by atoms with Crippen molar-refractivity contribution in [3.05, 3.63) is 76.4 Å². The number of rotatable bonds is 4. The quantitative estimate of drug-likeness (QED) is 0.654. The van der Waals surface area contributed by atoms with E-state index in [4.69, 9.17) is 16.3 Å². The lowest BCUT2D eigenvalue weighted by Crippen LogP contribution is -2.18. The first-order valence-corrected chi connectivity index (χ1v) is 9.21. The maximum absolute atomic E-state index is 13.0. The number of anilines is 1. The molecule has 0 bridgehead atoms. The van der Waals surface area contributed by atoms with E-state index in [1.807, 2.05) is 0 Å². The van der Waals surface area contributed by atoms with Crippen LogP contribution in [-0.2, 0) is 10.9 Å². The van der Waals surface area contributed by atoms with Crippen molar-refractivity contribution in [2.24, 2.45) is 4.99 Å². The highest BCUT2D eigenvalue weighted by Crippen LogP contribution is 2.30. The average Bonchev–Trinajstić information content (AvgIpc) is 3.38. The van der Waals surface area contributed by atoms with Gasteiger partial charge in [0.25, 0.3) is 5.91 Å². The van der Waals surface area contributed by atoms with Gasteiger partial charge in [-0.3, -0.25) is 4.79 Å². The summed E-state index contributed by atoms with van der Waals surface area (Å²) >= 11 is 5.93. The second kappa shape index (κ2) is 7.83. The highest BCUT2D eigenvalue weighted by Gasteiger charge is 2.31. The topological polar surface area (TPSA) is 68.5 Å². The fraction of sp³-hybridized carbons (Fsp3) is 0.150. The van der Waals surface area contributed by atoms with Crippen LogP contribution in [-0.4, -0.2) is 34.7 Å². The zero-order valence-electron chi connectivity index (χ0n) is 15.3. The number of aliphatic imine (C=N–C) groups is 1. The van der Waals surface area contributed by atoms with Crippen LogP contribution in [0.1, 0.15) is 21.5 Å². The van der Waals surface area contributed by atoms with Gasteiger partial charge in [-0.1, -0.05) is 17.7 Å². The molecule has 154 valence electrons. The first-order valence-electron chi connectivity index (χ1n) is 8.83. The van der Waals surface area contributed by atoms with Crippen molar-refractivity contribution in [3.63, 3.8) is 0 Å². The zero-order valence-corrected chi connectivity index (χ0v) is 16.0. The molecule has 3 aromatic rings. The monoisotopic (exact) mass is 434 g/mol. The van der Waals surface area contributed by atoms with E-state index in [0.29, 0.717) is 35.3 Å².